The fourth-order valence-electron chi connectivity index (χ4n) is 2.99. The van der Waals surface area contributed by atoms with E-state index >= 15 is 0 Å². The Morgan fingerprint density at radius 2 is 2.00 bits per heavy atom. The van der Waals surface area contributed by atoms with Gasteiger partial charge in [-0.05, 0) is 51.1 Å². The van der Waals surface area contributed by atoms with E-state index in [9.17, 15) is 9.18 Å². The highest BCUT2D eigenvalue weighted by atomic mass is 79.9. The largest absolute Gasteiger partial charge is 0.361 e. The fraction of sp³-hybridized carbons (Fsp3) is 0.273. The molecule has 2 aromatic carbocycles. The first-order valence-electron chi connectivity index (χ1n) is 9.27. The molecule has 4 nitrogen and oxygen atoms in total. The predicted molar refractivity (Wildman–Crippen MR) is 116 cm³/mol. The van der Waals surface area contributed by atoms with Gasteiger partial charge in [0.15, 0.2) is 0 Å². The number of aryl methyl sites for hydroxylation is 2. The number of halogens is 2. The molecule has 0 bridgehead atoms. The van der Waals surface area contributed by atoms with Gasteiger partial charge in [-0.2, -0.15) is 0 Å². The lowest BCUT2D eigenvalue weighted by molar-refractivity contribution is 0.0747. The van der Waals surface area contributed by atoms with Crippen molar-refractivity contribution in [2.24, 2.45) is 0 Å². The highest BCUT2D eigenvalue weighted by Gasteiger charge is 2.20. The number of carbonyl (C=O) groups excluding carboxylic acids is 1. The van der Waals surface area contributed by atoms with Crippen molar-refractivity contribution in [3.8, 4) is 0 Å². The van der Waals surface area contributed by atoms with E-state index in [1.165, 1.54) is 6.07 Å². The Bertz CT molecular complexity index is 1000. The molecule has 0 saturated heterocycles. The normalized spacial score (nSPS) is 10.9. The number of aromatic nitrogens is 1. The van der Waals surface area contributed by atoms with Gasteiger partial charge in [0.25, 0.3) is 5.91 Å². The molecule has 0 saturated carbocycles. The van der Waals surface area contributed by atoms with Crippen molar-refractivity contribution in [3.63, 3.8) is 0 Å². The number of benzene rings is 2. The van der Waals surface area contributed by atoms with Crippen LogP contribution >= 0.6 is 27.7 Å². The summed E-state index contributed by atoms with van der Waals surface area (Å²) in [7, 11) is 0. The lowest BCUT2D eigenvalue weighted by Crippen LogP contribution is -2.31. The van der Waals surface area contributed by atoms with E-state index < -0.39 is 0 Å². The molecule has 29 heavy (non-hydrogen) atoms. The minimum atomic E-state index is -0.319. The Balaban J connectivity index is 1.81. The third-order valence-corrected chi connectivity index (χ3v) is 6.30. The number of carbonyl (C=O) groups is 1. The highest BCUT2D eigenvalue weighted by Crippen LogP contribution is 2.30. The van der Waals surface area contributed by atoms with Gasteiger partial charge in [0.05, 0.1) is 11.3 Å². The van der Waals surface area contributed by atoms with Gasteiger partial charge in [-0.25, -0.2) is 4.39 Å². The molecule has 152 valence electrons. The zero-order valence-electron chi connectivity index (χ0n) is 16.5. The Kier molecular flexibility index (Phi) is 7.14. The highest BCUT2D eigenvalue weighted by molar-refractivity contribution is 9.10. The second-order valence-corrected chi connectivity index (χ2v) is 8.58. The third-order valence-electron chi connectivity index (χ3n) is 4.71. The smallest absolute Gasteiger partial charge is 0.255 e. The molecule has 0 aliphatic carbocycles. The van der Waals surface area contributed by atoms with Crippen LogP contribution in [0.25, 0.3) is 0 Å². The molecule has 3 aromatic rings. The maximum absolute atomic E-state index is 14.2. The summed E-state index contributed by atoms with van der Waals surface area (Å²) in [5.41, 5.74) is 3.00. The van der Waals surface area contributed by atoms with Crippen LogP contribution in [0.15, 0.2) is 56.4 Å². The molecule has 0 radical (unpaired) electrons. The average molecular weight is 477 g/mol. The van der Waals surface area contributed by atoms with Crippen LogP contribution in [0.1, 0.15) is 39.9 Å². The molecule has 0 fully saturated rings. The van der Waals surface area contributed by atoms with Crippen LogP contribution in [0.3, 0.4) is 0 Å². The van der Waals surface area contributed by atoms with Crippen molar-refractivity contribution in [2.75, 3.05) is 6.54 Å². The zero-order valence-corrected chi connectivity index (χ0v) is 18.9. The van der Waals surface area contributed by atoms with E-state index in [4.69, 9.17) is 4.52 Å². The van der Waals surface area contributed by atoms with Crippen LogP contribution in [-0.2, 0) is 12.3 Å². The Morgan fingerprint density at radius 1 is 1.24 bits per heavy atom. The Labute approximate surface area is 182 Å². The van der Waals surface area contributed by atoms with Crippen LogP contribution in [-0.4, -0.2) is 22.5 Å². The molecule has 0 atom stereocenters. The van der Waals surface area contributed by atoms with Crippen molar-refractivity contribution in [1.29, 1.82) is 0 Å². The molecule has 1 amide bonds. The maximum Gasteiger partial charge on any atom is 0.255 e. The van der Waals surface area contributed by atoms with E-state index in [0.717, 1.165) is 26.4 Å². The van der Waals surface area contributed by atoms with Crippen LogP contribution in [0.4, 0.5) is 4.39 Å². The van der Waals surface area contributed by atoms with Gasteiger partial charge in [0.2, 0.25) is 0 Å². The van der Waals surface area contributed by atoms with Crippen LogP contribution in [0.2, 0.25) is 0 Å². The van der Waals surface area contributed by atoms with Gasteiger partial charge in [-0.15, -0.1) is 11.8 Å². The first kappa shape index (κ1) is 21.6. The standard InChI is InChI=1S/C22H22BrFN2O2S/c1-4-26(12-16-11-17(23)9-10-20(16)24)22(27)18-7-5-6-8-21(18)29-13-19-14(2)25-28-15(19)3/h5-11H,4,12-13H2,1-3H3. The van der Waals surface area contributed by atoms with Crippen molar-refractivity contribution < 1.29 is 13.7 Å². The second kappa shape index (κ2) is 9.59. The van der Waals surface area contributed by atoms with Gasteiger partial charge in [-0.3, -0.25) is 4.79 Å². The number of nitrogens with zero attached hydrogens (tertiary/aromatic N) is 2. The monoisotopic (exact) mass is 476 g/mol. The summed E-state index contributed by atoms with van der Waals surface area (Å²) in [4.78, 5) is 15.8. The molecule has 1 heterocycles. The summed E-state index contributed by atoms with van der Waals surface area (Å²) in [6.45, 7) is 6.39. The second-order valence-electron chi connectivity index (χ2n) is 6.64. The lowest BCUT2D eigenvalue weighted by Gasteiger charge is -2.22. The van der Waals surface area contributed by atoms with Crippen LogP contribution in [0, 0.1) is 19.7 Å². The van der Waals surface area contributed by atoms with Gasteiger partial charge in [0.1, 0.15) is 11.6 Å². The summed E-state index contributed by atoms with van der Waals surface area (Å²) in [5, 5.41) is 3.99. The molecule has 0 spiro atoms. The van der Waals surface area contributed by atoms with E-state index in [2.05, 4.69) is 21.1 Å². The molecule has 0 unspecified atom stereocenters. The molecule has 1 aromatic heterocycles. The summed E-state index contributed by atoms with van der Waals surface area (Å²) in [6.07, 6.45) is 0. The van der Waals surface area contributed by atoms with Gasteiger partial charge in [0, 0.05) is 39.3 Å². The molecule has 0 N–H and O–H groups in total. The van der Waals surface area contributed by atoms with E-state index in [1.54, 1.807) is 28.8 Å². The fourth-order valence-corrected chi connectivity index (χ4v) is 4.60. The minimum absolute atomic E-state index is 0.117. The van der Waals surface area contributed by atoms with Crippen molar-refractivity contribution in [1.82, 2.24) is 10.1 Å². The lowest BCUT2D eigenvalue weighted by atomic mass is 10.1. The van der Waals surface area contributed by atoms with Crippen molar-refractivity contribution in [2.45, 2.75) is 38.0 Å². The molecular weight excluding hydrogens is 455 g/mol. The van der Waals surface area contributed by atoms with Crippen molar-refractivity contribution in [3.05, 3.63) is 80.9 Å². The number of amides is 1. The molecule has 0 aliphatic rings. The van der Waals surface area contributed by atoms with Crippen molar-refractivity contribution >= 4 is 33.6 Å². The first-order chi connectivity index (χ1) is 13.9. The van der Waals surface area contributed by atoms with Gasteiger partial charge in [-0.1, -0.05) is 33.2 Å². The number of hydrogen-bond donors (Lipinski definition) is 0. The summed E-state index contributed by atoms with van der Waals surface area (Å²) < 4.78 is 20.2. The molecular formula is C22H22BrFN2O2S. The summed E-state index contributed by atoms with van der Waals surface area (Å²) in [5.74, 6) is 1.02. The number of rotatable bonds is 7. The summed E-state index contributed by atoms with van der Waals surface area (Å²) in [6, 6.07) is 12.3. The molecule has 3 rings (SSSR count). The van der Waals surface area contributed by atoms with E-state index in [0.29, 0.717) is 23.4 Å². The van der Waals surface area contributed by atoms with Crippen LogP contribution < -0.4 is 0 Å². The third kappa shape index (κ3) is 5.08. The van der Waals surface area contributed by atoms with E-state index in [1.807, 2.05) is 45.0 Å². The van der Waals surface area contributed by atoms with Crippen LogP contribution in [0.5, 0.6) is 0 Å². The quantitative estimate of drug-likeness (QED) is 0.383. The average Bonchev–Trinajstić information content (AvgIpc) is 3.04. The minimum Gasteiger partial charge on any atom is -0.361 e. The first-order valence-corrected chi connectivity index (χ1v) is 11.0. The van der Waals surface area contributed by atoms with Gasteiger partial charge < -0.3 is 9.42 Å². The molecule has 7 heteroatoms. The SMILES string of the molecule is CCN(Cc1cc(Br)ccc1F)C(=O)c1ccccc1SCc1c(C)noc1C. The number of thioether (sulfide) groups is 1. The van der Waals surface area contributed by atoms with Gasteiger partial charge >= 0.3 is 0 Å². The molecule has 0 aliphatic heterocycles. The number of hydrogen-bond acceptors (Lipinski definition) is 4. The zero-order chi connectivity index (χ0) is 21.0. The topological polar surface area (TPSA) is 46.3 Å². The predicted octanol–water partition coefficient (Wildman–Crippen LogP) is 6.15. The Hall–Kier alpha value is -2.12. The van der Waals surface area contributed by atoms with E-state index in [-0.39, 0.29) is 18.3 Å². The Morgan fingerprint density at radius 3 is 2.69 bits per heavy atom. The summed E-state index contributed by atoms with van der Waals surface area (Å²) >= 11 is 4.94. The maximum atomic E-state index is 14.2.